The van der Waals surface area contributed by atoms with Crippen LogP contribution >= 0.6 is 0 Å². The molecular weight excluding hydrogens is 304 g/mol. The second kappa shape index (κ2) is 6.83. The summed E-state index contributed by atoms with van der Waals surface area (Å²) in [5.41, 5.74) is 1.84. The first-order valence-electron chi connectivity index (χ1n) is 8.73. The molecule has 0 radical (unpaired) electrons. The van der Waals surface area contributed by atoms with Crippen molar-refractivity contribution < 1.29 is 14.3 Å². The highest BCUT2D eigenvalue weighted by molar-refractivity contribution is 6.01. The second-order valence-electron chi connectivity index (χ2n) is 7.09. The van der Waals surface area contributed by atoms with Gasteiger partial charge in [0.1, 0.15) is 5.75 Å². The zero-order chi connectivity index (χ0) is 17.3. The van der Waals surface area contributed by atoms with Crippen molar-refractivity contribution in [2.45, 2.75) is 33.1 Å². The van der Waals surface area contributed by atoms with Crippen LogP contribution in [-0.2, 0) is 9.59 Å². The van der Waals surface area contributed by atoms with Crippen LogP contribution in [0.15, 0.2) is 18.2 Å². The predicted molar refractivity (Wildman–Crippen MR) is 93.2 cm³/mol. The van der Waals surface area contributed by atoms with Crippen molar-refractivity contribution in [1.82, 2.24) is 4.90 Å². The molecule has 2 amide bonds. The van der Waals surface area contributed by atoms with Gasteiger partial charge in [0.05, 0.1) is 18.7 Å². The molecule has 0 bridgehead atoms. The third-order valence-electron chi connectivity index (χ3n) is 5.19. The maximum atomic E-state index is 12.8. The highest BCUT2D eigenvalue weighted by Gasteiger charge is 2.38. The van der Waals surface area contributed by atoms with Gasteiger partial charge in [0.2, 0.25) is 11.8 Å². The summed E-state index contributed by atoms with van der Waals surface area (Å²) in [5, 5.41) is 0. The van der Waals surface area contributed by atoms with Crippen LogP contribution in [0.4, 0.5) is 5.69 Å². The molecule has 130 valence electrons. The Balaban J connectivity index is 1.74. The van der Waals surface area contributed by atoms with Gasteiger partial charge in [0.15, 0.2) is 0 Å². The van der Waals surface area contributed by atoms with E-state index < -0.39 is 0 Å². The number of amides is 2. The topological polar surface area (TPSA) is 49.9 Å². The third kappa shape index (κ3) is 3.25. The SMILES string of the molecule is COc1ccc(C)cc1N1C[C@@H](C(=O)N2CCC(C)CC2)CC1=O. The molecule has 5 heteroatoms. The lowest BCUT2D eigenvalue weighted by Gasteiger charge is -2.32. The van der Waals surface area contributed by atoms with Gasteiger partial charge < -0.3 is 14.5 Å². The molecule has 0 aromatic heterocycles. The van der Waals surface area contributed by atoms with Gasteiger partial charge in [-0.2, -0.15) is 0 Å². The van der Waals surface area contributed by atoms with Crippen LogP contribution in [0.3, 0.4) is 0 Å². The van der Waals surface area contributed by atoms with E-state index in [0.717, 1.165) is 37.2 Å². The highest BCUT2D eigenvalue weighted by atomic mass is 16.5. The van der Waals surface area contributed by atoms with Crippen molar-refractivity contribution >= 4 is 17.5 Å². The Morgan fingerprint density at radius 2 is 1.96 bits per heavy atom. The average Bonchev–Trinajstić information content (AvgIpc) is 2.96. The first-order chi connectivity index (χ1) is 11.5. The van der Waals surface area contributed by atoms with Crippen LogP contribution in [0, 0.1) is 18.8 Å². The van der Waals surface area contributed by atoms with E-state index in [1.165, 1.54) is 0 Å². The Labute approximate surface area is 143 Å². The largest absolute Gasteiger partial charge is 0.495 e. The summed E-state index contributed by atoms with van der Waals surface area (Å²) in [4.78, 5) is 28.9. The lowest BCUT2D eigenvalue weighted by molar-refractivity contribution is -0.137. The van der Waals surface area contributed by atoms with Gasteiger partial charge >= 0.3 is 0 Å². The smallest absolute Gasteiger partial charge is 0.228 e. The predicted octanol–water partition coefficient (Wildman–Crippen LogP) is 2.62. The lowest BCUT2D eigenvalue weighted by Crippen LogP contribution is -2.42. The van der Waals surface area contributed by atoms with Crippen LogP contribution in [0.25, 0.3) is 0 Å². The molecule has 2 aliphatic heterocycles. The van der Waals surface area contributed by atoms with Crippen LogP contribution in [0.1, 0.15) is 31.7 Å². The van der Waals surface area contributed by atoms with Crippen LogP contribution in [-0.4, -0.2) is 43.5 Å². The number of methoxy groups -OCH3 is 1. The molecule has 2 heterocycles. The van der Waals surface area contributed by atoms with Crippen molar-refractivity contribution in [2.75, 3.05) is 31.6 Å². The molecule has 24 heavy (non-hydrogen) atoms. The molecule has 3 rings (SSSR count). The number of carbonyl (C=O) groups is 2. The Bertz CT molecular complexity index is 635. The number of likely N-dealkylation sites (tertiary alicyclic amines) is 1. The van der Waals surface area contributed by atoms with E-state index in [0.29, 0.717) is 24.6 Å². The summed E-state index contributed by atoms with van der Waals surface area (Å²) in [6.45, 7) is 6.30. The Kier molecular flexibility index (Phi) is 4.78. The number of hydrogen-bond acceptors (Lipinski definition) is 3. The van der Waals surface area contributed by atoms with Crippen molar-refractivity contribution in [3.05, 3.63) is 23.8 Å². The first-order valence-corrected chi connectivity index (χ1v) is 8.73. The minimum absolute atomic E-state index is 0.00243. The van der Waals surface area contributed by atoms with Gasteiger partial charge in [-0.25, -0.2) is 0 Å². The van der Waals surface area contributed by atoms with E-state index in [-0.39, 0.29) is 17.7 Å². The van der Waals surface area contributed by atoms with E-state index in [1.807, 2.05) is 30.0 Å². The summed E-state index contributed by atoms with van der Waals surface area (Å²) in [6, 6.07) is 5.78. The molecule has 1 atom stereocenters. The maximum Gasteiger partial charge on any atom is 0.228 e. The molecule has 2 aliphatic rings. The van der Waals surface area contributed by atoms with Gasteiger partial charge in [-0.15, -0.1) is 0 Å². The van der Waals surface area contributed by atoms with Crippen LogP contribution in [0.2, 0.25) is 0 Å². The Hall–Kier alpha value is -2.04. The summed E-state index contributed by atoms with van der Waals surface area (Å²) in [7, 11) is 1.60. The normalized spacial score (nSPS) is 22.1. The number of hydrogen-bond donors (Lipinski definition) is 0. The molecular formula is C19H26N2O3. The van der Waals surface area contributed by atoms with E-state index in [9.17, 15) is 9.59 Å². The molecule has 0 saturated carbocycles. The van der Waals surface area contributed by atoms with Crippen molar-refractivity contribution in [3.63, 3.8) is 0 Å². The van der Waals surface area contributed by atoms with Gasteiger partial charge in [-0.05, 0) is 43.4 Å². The number of anilines is 1. The average molecular weight is 330 g/mol. The number of aryl methyl sites for hydroxylation is 1. The highest BCUT2D eigenvalue weighted by Crippen LogP contribution is 2.34. The molecule has 0 N–H and O–H groups in total. The standard InChI is InChI=1S/C19H26N2O3/c1-13-6-8-20(9-7-13)19(23)15-11-18(22)21(12-15)16-10-14(2)4-5-17(16)24-3/h4-5,10,13,15H,6-9,11-12H2,1-3H3/t15-/m0/s1. The van der Waals surface area contributed by atoms with Gasteiger partial charge in [-0.3, -0.25) is 9.59 Å². The summed E-state index contributed by atoms with van der Waals surface area (Å²) < 4.78 is 5.40. The number of rotatable bonds is 3. The van der Waals surface area contributed by atoms with Gasteiger partial charge in [0, 0.05) is 26.1 Å². The van der Waals surface area contributed by atoms with Crippen LogP contribution < -0.4 is 9.64 Å². The first kappa shape index (κ1) is 16.8. The summed E-state index contributed by atoms with van der Waals surface area (Å²) in [5.74, 6) is 1.25. The van der Waals surface area contributed by atoms with E-state index in [1.54, 1.807) is 12.0 Å². The van der Waals surface area contributed by atoms with Gasteiger partial charge in [0.25, 0.3) is 0 Å². The minimum atomic E-state index is -0.240. The zero-order valence-electron chi connectivity index (χ0n) is 14.7. The number of piperidine rings is 1. The third-order valence-corrected chi connectivity index (χ3v) is 5.19. The fourth-order valence-electron chi connectivity index (χ4n) is 3.60. The molecule has 0 aliphatic carbocycles. The number of carbonyl (C=O) groups excluding carboxylic acids is 2. The van der Waals surface area contributed by atoms with E-state index in [2.05, 4.69) is 6.92 Å². The fraction of sp³-hybridized carbons (Fsp3) is 0.579. The fourth-order valence-corrected chi connectivity index (χ4v) is 3.60. The quantitative estimate of drug-likeness (QED) is 0.856. The lowest BCUT2D eigenvalue weighted by atomic mass is 9.97. The molecule has 1 aromatic carbocycles. The van der Waals surface area contributed by atoms with Crippen molar-refractivity contribution in [3.8, 4) is 5.75 Å². The molecule has 2 fully saturated rings. The Morgan fingerprint density at radius 3 is 2.62 bits per heavy atom. The summed E-state index contributed by atoms with van der Waals surface area (Å²) in [6.07, 6.45) is 2.41. The number of ether oxygens (including phenoxy) is 1. The molecule has 1 aromatic rings. The Morgan fingerprint density at radius 1 is 1.25 bits per heavy atom. The maximum absolute atomic E-state index is 12.8. The number of nitrogens with zero attached hydrogens (tertiary/aromatic N) is 2. The zero-order valence-corrected chi connectivity index (χ0v) is 14.7. The minimum Gasteiger partial charge on any atom is -0.495 e. The van der Waals surface area contributed by atoms with Crippen molar-refractivity contribution in [1.29, 1.82) is 0 Å². The molecule has 0 spiro atoms. The van der Waals surface area contributed by atoms with E-state index >= 15 is 0 Å². The summed E-state index contributed by atoms with van der Waals surface area (Å²) >= 11 is 0. The number of benzene rings is 1. The monoisotopic (exact) mass is 330 g/mol. The van der Waals surface area contributed by atoms with Gasteiger partial charge in [-0.1, -0.05) is 13.0 Å². The van der Waals surface area contributed by atoms with Crippen LogP contribution in [0.5, 0.6) is 5.75 Å². The molecule has 5 nitrogen and oxygen atoms in total. The van der Waals surface area contributed by atoms with E-state index in [4.69, 9.17) is 4.74 Å². The van der Waals surface area contributed by atoms with Crippen molar-refractivity contribution in [2.24, 2.45) is 11.8 Å². The second-order valence-corrected chi connectivity index (χ2v) is 7.09. The molecule has 0 unspecified atom stereocenters. The molecule has 2 saturated heterocycles.